The van der Waals surface area contributed by atoms with Crippen LogP contribution in [0.3, 0.4) is 0 Å². The molecule has 0 bridgehead atoms. The highest BCUT2D eigenvalue weighted by molar-refractivity contribution is 6.31. The van der Waals surface area contributed by atoms with Crippen molar-refractivity contribution in [3.05, 3.63) is 34.9 Å². The van der Waals surface area contributed by atoms with E-state index in [2.05, 4.69) is 0 Å². The molecule has 20 heavy (non-hydrogen) atoms. The van der Waals surface area contributed by atoms with Crippen LogP contribution in [-0.2, 0) is 11.3 Å². The van der Waals surface area contributed by atoms with Crippen molar-refractivity contribution in [1.82, 2.24) is 4.90 Å². The van der Waals surface area contributed by atoms with Crippen molar-refractivity contribution in [2.45, 2.75) is 45.2 Å². The lowest BCUT2D eigenvalue weighted by molar-refractivity contribution is -0.132. The molecular weight excluding hydrogens is 272 g/mol. The molecule has 0 unspecified atom stereocenters. The average Bonchev–Trinajstić information content (AvgIpc) is 2.83. The van der Waals surface area contributed by atoms with Crippen molar-refractivity contribution >= 4 is 17.5 Å². The highest BCUT2D eigenvalue weighted by atomic mass is 35.5. The van der Waals surface area contributed by atoms with Crippen molar-refractivity contribution < 1.29 is 4.79 Å². The number of rotatable bonds is 5. The number of halogens is 1. The fourth-order valence-electron chi connectivity index (χ4n) is 2.88. The average molecular weight is 295 g/mol. The molecule has 0 aromatic heterocycles. The van der Waals surface area contributed by atoms with E-state index in [1.54, 1.807) is 0 Å². The molecule has 0 heterocycles. The Labute approximate surface area is 126 Å². The molecule has 1 fully saturated rings. The third-order valence-electron chi connectivity index (χ3n) is 4.21. The predicted octanol–water partition coefficient (Wildman–Crippen LogP) is 3.21. The van der Waals surface area contributed by atoms with Gasteiger partial charge >= 0.3 is 0 Å². The maximum Gasteiger partial charge on any atom is 0.223 e. The lowest BCUT2D eigenvalue weighted by Gasteiger charge is -2.24. The fraction of sp³-hybridized carbons (Fsp3) is 0.562. The Balaban J connectivity index is 1.97. The molecule has 1 aromatic carbocycles. The smallest absolute Gasteiger partial charge is 0.223 e. The quantitative estimate of drug-likeness (QED) is 0.906. The van der Waals surface area contributed by atoms with E-state index in [4.69, 9.17) is 17.3 Å². The highest BCUT2D eigenvalue weighted by Crippen LogP contribution is 2.28. The minimum Gasteiger partial charge on any atom is -0.339 e. The molecule has 0 aliphatic heterocycles. The van der Waals surface area contributed by atoms with Crippen molar-refractivity contribution in [3.63, 3.8) is 0 Å². The van der Waals surface area contributed by atoms with E-state index in [-0.39, 0.29) is 11.9 Å². The van der Waals surface area contributed by atoms with E-state index in [9.17, 15) is 4.79 Å². The summed E-state index contributed by atoms with van der Waals surface area (Å²) in [5, 5.41) is 0.719. The number of nitrogens with zero attached hydrogens (tertiary/aromatic N) is 1. The van der Waals surface area contributed by atoms with Gasteiger partial charge in [-0.15, -0.1) is 0 Å². The molecular formula is C16H23ClN2O. The lowest BCUT2D eigenvalue weighted by Crippen LogP contribution is -2.35. The minimum atomic E-state index is 0.190. The van der Waals surface area contributed by atoms with Crippen LogP contribution in [0.25, 0.3) is 0 Å². The summed E-state index contributed by atoms with van der Waals surface area (Å²) in [7, 11) is 0. The number of carbonyl (C=O) groups excluding carboxylic acids is 1. The third-order valence-corrected chi connectivity index (χ3v) is 4.58. The zero-order valence-electron chi connectivity index (χ0n) is 12.0. The van der Waals surface area contributed by atoms with Gasteiger partial charge in [0.2, 0.25) is 5.91 Å². The van der Waals surface area contributed by atoms with Crippen LogP contribution in [0, 0.1) is 5.92 Å². The molecule has 1 aromatic rings. The summed E-state index contributed by atoms with van der Waals surface area (Å²) in [6.45, 7) is 3.28. The van der Waals surface area contributed by atoms with Gasteiger partial charge in [-0.3, -0.25) is 4.79 Å². The number of benzene rings is 1. The Morgan fingerprint density at radius 2 is 2.15 bits per heavy atom. The van der Waals surface area contributed by atoms with Crippen LogP contribution in [-0.4, -0.2) is 23.4 Å². The molecule has 0 spiro atoms. The maximum absolute atomic E-state index is 12.4. The standard InChI is InChI=1S/C16H23ClN2O/c1-2-19(11-13-6-3-4-8-14(13)17)16(20)10-12-7-5-9-15(12)18/h3-4,6,8,12,15H,2,5,7,9-11,18H2,1H3/t12-,15+/m0/s1. The first kappa shape index (κ1) is 15.3. The van der Waals surface area contributed by atoms with Crippen LogP contribution >= 0.6 is 11.6 Å². The molecule has 2 atom stereocenters. The monoisotopic (exact) mass is 294 g/mol. The van der Waals surface area contributed by atoms with Crippen molar-refractivity contribution in [2.75, 3.05) is 6.54 Å². The Kier molecular flexibility index (Phi) is 5.44. The van der Waals surface area contributed by atoms with Gasteiger partial charge in [-0.1, -0.05) is 36.2 Å². The Bertz CT molecular complexity index is 464. The Morgan fingerprint density at radius 1 is 1.40 bits per heavy atom. The van der Waals surface area contributed by atoms with Gasteiger partial charge in [0.05, 0.1) is 0 Å². The molecule has 0 radical (unpaired) electrons. The summed E-state index contributed by atoms with van der Waals surface area (Å²) in [5.41, 5.74) is 7.05. The number of hydrogen-bond acceptors (Lipinski definition) is 2. The first-order valence-electron chi connectivity index (χ1n) is 7.38. The Hall–Kier alpha value is -1.06. The SMILES string of the molecule is CCN(Cc1ccccc1Cl)C(=O)C[C@@H]1CCC[C@H]1N. The zero-order chi connectivity index (χ0) is 14.5. The van der Waals surface area contributed by atoms with Crippen LogP contribution in [0.5, 0.6) is 0 Å². The van der Waals surface area contributed by atoms with Gasteiger partial charge in [0.1, 0.15) is 0 Å². The number of nitrogens with two attached hydrogens (primary N) is 1. The molecule has 1 saturated carbocycles. The van der Waals surface area contributed by atoms with E-state index >= 15 is 0 Å². The topological polar surface area (TPSA) is 46.3 Å². The van der Waals surface area contributed by atoms with Crippen molar-refractivity contribution in [3.8, 4) is 0 Å². The Morgan fingerprint density at radius 3 is 2.75 bits per heavy atom. The summed E-state index contributed by atoms with van der Waals surface area (Å²) < 4.78 is 0. The maximum atomic E-state index is 12.4. The lowest BCUT2D eigenvalue weighted by atomic mass is 9.99. The highest BCUT2D eigenvalue weighted by Gasteiger charge is 2.27. The molecule has 1 aliphatic carbocycles. The van der Waals surface area contributed by atoms with Crippen LogP contribution in [0.1, 0.15) is 38.2 Å². The van der Waals surface area contributed by atoms with Crippen molar-refractivity contribution in [2.24, 2.45) is 11.7 Å². The molecule has 3 nitrogen and oxygen atoms in total. The van der Waals surface area contributed by atoms with Gasteiger partial charge in [0.15, 0.2) is 0 Å². The van der Waals surface area contributed by atoms with Crippen molar-refractivity contribution in [1.29, 1.82) is 0 Å². The molecule has 4 heteroatoms. The summed E-state index contributed by atoms with van der Waals surface area (Å²) >= 11 is 6.17. The zero-order valence-corrected chi connectivity index (χ0v) is 12.8. The molecule has 0 saturated heterocycles. The molecule has 1 amide bonds. The summed E-state index contributed by atoms with van der Waals surface area (Å²) in [6, 6.07) is 7.88. The van der Waals surface area contributed by atoms with Gasteiger partial charge in [-0.25, -0.2) is 0 Å². The largest absolute Gasteiger partial charge is 0.339 e. The van der Waals surface area contributed by atoms with Gasteiger partial charge in [-0.2, -0.15) is 0 Å². The van der Waals surface area contributed by atoms with E-state index < -0.39 is 0 Å². The number of hydrogen-bond donors (Lipinski definition) is 1. The summed E-state index contributed by atoms with van der Waals surface area (Å²) in [5.74, 6) is 0.539. The number of carbonyl (C=O) groups is 1. The van der Waals surface area contributed by atoms with Crippen LogP contribution < -0.4 is 5.73 Å². The van der Waals surface area contributed by atoms with E-state index in [0.717, 1.165) is 29.8 Å². The van der Waals surface area contributed by atoms with Gasteiger partial charge in [-0.05, 0) is 37.3 Å². The van der Waals surface area contributed by atoms with Crippen LogP contribution in [0.2, 0.25) is 5.02 Å². The van der Waals surface area contributed by atoms with E-state index in [1.165, 1.54) is 0 Å². The summed E-state index contributed by atoms with van der Waals surface area (Å²) in [6.07, 6.45) is 3.85. The van der Waals surface area contributed by atoms with Crippen LogP contribution in [0.4, 0.5) is 0 Å². The summed E-state index contributed by atoms with van der Waals surface area (Å²) in [4.78, 5) is 14.3. The normalized spacial score (nSPS) is 21.9. The van der Waals surface area contributed by atoms with Gasteiger partial charge < -0.3 is 10.6 Å². The molecule has 2 N–H and O–H groups in total. The number of amides is 1. The molecule has 1 aliphatic rings. The predicted molar refractivity (Wildman–Crippen MR) is 82.5 cm³/mol. The second kappa shape index (κ2) is 7.09. The first-order valence-corrected chi connectivity index (χ1v) is 7.76. The second-order valence-corrected chi connectivity index (χ2v) is 5.97. The minimum absolute atomic E-state index is 0.190. The second-order valence-electron chi connectivity index (χ2n) is 5.56. The van der Waals surface area contributed by atoms with Gasteiger partial charge in [0, 0.05) is 30.6 Å². The first-order chi connectivity index (χ1) is 9.61. The van der Waals surface area contributed by atoms with E-state index in [0.29, 0.717) is 25.4 Å². The fourth-order valence-corrected chi connectivity index (χ4v) is 3.08. The third kappa shape index (κ3) is 3.74. The van der Waals surface area contributed by atoms with Crippen LogP contribution in [0.15, 0.2) is 24.3 Å². The molecule has 110 valence electrons. The molecule has 2 rings (SSSR count). The van der Waals surface area contributed by atoms with Gasteiger partial charge in [0.25, 0.3) is 0 Å². The van der Waals surface area contributed by atoms with E-state index in [1.807, 2.05) is 36.1 Å².